The summed E-state index contributed by atoms with van der Waals surface area (Å²) in [5.74, 6) is 0. The topological polar surface area (TPSA) is 39.8 Å². The first kappa shape index (κ1) is 15.0. The molecule has 0 unspecified atom stereocenters. The zero-order valence-corrected chi connectivity index (χ0v) is 15.2. The molecule has 0 aliphatic carbocycles. The highest BCUT2D eigenvalue weighted by Gasteiger charge is 2.14. The van der Waals surface area contributed by atoms with Crippen LogP contribution in [-0.2, 0) is 20.0 Å². The highest BCUT2D eigenvalue weighted by atomic mass is 79.9. The number of hydrogen-bond acceptors (Lipinski definition) is 2. The van der Waals surface area contributed by atoms with Crippen molar-refractivity contribution in [1.29, 1.82) is 0 Å². The van der Waals surface area contributed by atoms with Gasteiger partial charge in [-0.1, -0.05) is 6.92 Å². The Kier molecular flexibility index (Phi) is 4.68. The lowest BCUT2D eigenvalue weighted by molar-refractivity contribution is 0.645. The zero-order chi connectivity index (χ0) is 14.2. The number of nitrogens with zero attached hydrogens (tertiary/aromatic N) is 3. The fourth-order valence-electron chi connectivity index (χ4n) is 1.84. The van der Waals surface area contributed by atoms with E-state index in [0.717, 1.165) is 26.8 Å². The molecule has 0 aliphatic rings. The third-order valence-corrected chi connectivity index (χ3v) is 4.75. The van der Waals surface area contributed by atoms with Crippen LogP contribution in [0.1, 0.15) is 18.3 Å². The van der Waals surface area contributed by atoms with Crippen molar-refractivity contribution in [2.45, 2.75) is 19.9 Å². The van der Waals surface area contributed by atoms with Gasteiger partial charge in [0.1, 0.15) is 0 Å². The molecule has 2 aromatic rings. The average molecular weight is 454 g/mol. The van der Waals surface area contributed by atoms with E-state index in [1.54, 1.807) is 16.8 Å². The van der Waals surface area contributed by atoms with E-state index >= 15 is 0 Å². The third kappa shape index (κ3) is 3.03. The van der Waals surface area contributed by atoms with E-state index in [1.807, 2.05) is 11.7 Å². The molecular weight excluding hydrogens is 442 g/mol. The van der Waals surface area contributed by atoms with Crippen LogP contribution in [-0.4, -0.2) is 14.3 Å². The lowest BCUT2D eigenvalue weighted by Crippen LogP contribution is -2.22. The van der Waals surface area contributed by atoms with Crippen molar-refractivity contribution in [2.24, 2.45) is 7.05 Å². The molecular formula is C12H12Br3N3O. The Morgan fingerprint density at radius 2 is 2.00 bits per heavy atom. The van der Waals surface area contributed by atoms with Gasteiger partial charge in [-0.2, -0.15) is 5.10 Å². The second-order valence-electron chi connectivity index (χ2n) is 4.12. The summed E-state index contributed by atoms with van der Waals surface area (Å²) in [7, 11) is 1.89. The first-order valence-corrected chi connectivity index (χ1v) is 8.07. The Labute approximate surface area is 136 Å². The van der Waals surface area contributed by atoms with Gasteiger partial charge in [0.15, 0.2) is 0 Å². The summed E-state index contributed by atoms with van der Waals surface area (Å²) < 4.78 is 5.82. The van der Waals surface area contributed by atoms with E-state index < -0.39 is 0 Å². The van der Waals surface area contributed by atoms with Crippen LogP contribution in [0.3, 0.4) is 0 Å². The van der Waals surface area contributed by atoms with E-state index in [9.17, 15) is 4.79 Å². The third-order valence-electron chi connectivity index (χ3n) is 2.83. The second-order valence-corrected chi connectivity index (χ2v) is 6.69. The number of aryl methyl sites for hydroxylation is 2. The van der Waals surface area contributed by atoms with Crippen LogP contribution in [0.4, 0.5) is 0 Å². The molecule has 0 saturated heterocycles. The van der Waals surface area contributed by atoms with Gasteiger partial charge in [0, 0.05) is 17.7 Å². The quantitative estimate of drug-likeness (QED) is 0.713. The minimum atomic E-state index is -0.0608. The van der Waals surface area contributed by atoms with Gasteiger partial charge in [-0.15, -0.1) is 0 Å². The van der Waals surface area contributed by atoms with Gasteiger partial charge in [-0.05, 0) is 60.3 Å². The van der Waals surface area contributed by atoms with Crippen molar-refractivity contribution in [1.82, 2.24) is 14.3 Å². The Morgan fingerprint density at radius 3 is 2.58 bits per heavy atom. The summed E-state index contributed by atoms with van der Waals surface area (Å²) in [6.07, 6.45) is 2.63. The Balaban J connectivity index is 2.48. The summed E-state index contributed by atoms with van der Waals surface area (Å²) >= 11 is 10.2. The molecule has 0 bridgehead atoms. The van der Waals surface area contributed by atoms with E-state index in [-0.39, 0.29) is 5.56 Å². The van der Waals surface area contributed by atoms with Crippen molar-refractivity contribution in [3.05, 3.63) is 47.4 Å². The number of rotatable bonds is 3. The monoisotopic (exact) mass is 451 g/mol. The van der Waals surface area contributed by atoms with E-state index in [2.05, 4.69) is 59.8 Å². The van der Waals surface area contributed by atoms with Crippen molar-refractivity contribution in [3.63, 3.8) is 0 Å². The van der Waals surface area contributed by atoms with Crippen molar-refractivity contribution in [2.75, 3.05) is 0 Å². The van der Waals surface area contributed by atoms with Crippen molar-refractivity contribution in [3.8, 4) is 0 Å². The van der Waals surface area contributed by atoms with Gasteiger partial charge >= 0.3 is 0 Å². The molecule has 0 N–H and O–H groups in total. The number of hydrogen-bond donors (Lipinski definition) is 0. The average Bonchev–Trinajstić information content (AvgIpc) is 2.62. The maximum atomic E-state index is 12.1. The molecule has 2 rings (SSSR count). The molecule has 19 heavy (non-hydrogen) atoms. The lowest BCUT2D eigenvalue weighted by atomic mass is 10.3. The molecule has 0 aromatic carbocycles. The number of aromatic nitrogens is 3. The predicted molar refractivity (Wildman–Crippen MR) is 85.5 cm³/mol. The van der Waals surface area contributed by atoms with Gasteiger partial charge in [0.25, 0.3) is 5.56 Å². The van der Waals surface area contributed by atoms with Gasteiger partial charge in [-0.25, -0.2) is 0 Å². The summed E-state index contributed by atoms with van der Waals surface area (Å²) in [5.41, 5.74) is 1.91. The minimum absolute atomic E-state index is 0.0608. The molecule has 0 spiro atoms. The second kappa shape index (κ2) is 5.93. The van der Waals surface area contributed by atoms with Crippen LogP contribution in [0, 0.1) is 0 Å². The summed E-state index contributed by atoms with van der Waals surface area (Å²) in [5, 5.41) is 4.43. The molecule has 0 amide bonds. The van der Waals surface area contributed by atoms with Gasteiger partial charge in [0.05, 0.1) is 26.9 Å². The molecule has 0 radical (unpaired) electrons. The fourth-order valence-corrected chi connectivity index (χ4v) is 3.83. The Bertz CT molecular complexity index is 676. The van der Waals surface area contributed by atoms with Crippen LogP contribution < -0.4 is 5.56 Å². The van der Waals surface area contributed by atoms with Crippen LogP contribution in [0.15, 0.2) is 30.5 Å². The standard InChI is InChI=1S/C12H12Br3N3O/c1-3-9-11(15)10(17(2)16-9)6-18-5-7(13)4-8(14)12(18)19/h4-5H,3,6H2,1-2H3. The molecule has 0 saturated carbocycles. The smallest absolute Gasteiger partial charge is 0.265 e. The number of halogens is 3. The first-order valence-electron chi connectivity index (χ1n) is 5.69. The molecule has 0 atom stereocenters. The summed E-state index contributed by atoms with van der Waals surface area (Å²) in [6.45, 7) is 2.53. The molecule has 102 valence electrons. The SMILES string of the molecule is CCc1nn(C)c(Cn2cc(Br)cc(Br)c2=O)c1Br. The largest absolute Gasteiger partial charge is 0.307 e. The maximum absolute atomic E-state index is 12.1. The van der Waals surface area contributed by atoms with Crippen LogP contribution in [0.25, 0.3) is 0 Å². The van der Waals surface area contributed by atoms with E-state index in [1.165, 1.54) is 0 Å². The Morgan fingerprint density at radius 1 is 1.32 bits per heavy atom. The zero-order valence-electron chi connectivity index (χ0n) is 10.5. The Hall–Kier alpha value is -0.400. The normalized spacial score (nSPS) is 11.0. The first-order chi connectivity index (χ1) is 8.93. The van der Waals surface area contributed by atoms with Gasteiger partial charge in [0.2, 0.25) is 0 Å². The highest BCUT2D eigenvalue weighted by Crippen LogP contribution is 2.22. The van der Waals surface area contributed by atoms with Gasteiger partial charge in [-0.3, -0.25) is 9.48 Å². The molecule has 2 aromatic heterocycles. The van der Waals surface area contributed by atoms with Crippen LogP contribution >= 0.6 is 47.8 Å². The molecule has 0 aliphatic heterocycles. The summed E-state index contributed by atoms with van der Waals surface area (Å²) in [6, 6.07) is 1.74. The van der Waals surface area contributed by atoms with Crippen LogP contribution in [0.2, 0.25) is 0 Å². The highest BCUT2D eigenvalue weighted by molar-refractivity contribution is 9.11. The van der Waals surface area contributed by atoms with Crippen molar-refractivity contribution < 1.29 is 0 Å². The molecule has 7 heteroatoms. The van der Waals surface area contributed by atoms with Crippen molar-refractivity contribution >= 4 is 47.8 Å². The lowest BCUT2D eigenvalue weighted by Gasteiger charge is -2.08. The maximum Gasteiger partial charge on any atom is 0.265 e. The minimum Gasteiger partial charge on any atom is -0.307 e. The predicted octanol–water partition coefficient (Wildman–Crippen LogP) is 3.48. The van der Waals surface area contributed by atoms with Gasteiger partial charge < -0.3 is 4.57 Å². The molecule has 2 heterocycles. The molecule has 0 fully saturated rings. The van der Waals surface area contributed by atoms with Crippen LogP contribution in [0.5, 0.6) is 0 Å². The van der Waals surface area contributed by atoms with E-state index in [0.29, 0.717) is 11.0 Å². The number of pyridine rings is 1. The molecule has 4 nitrogen and oxygen atoms in total. The fraction of sp³-hybridized carbons (Fsp3) is 0.333. The van der Waals surface area contributed by atoms with E-state index in [4.69, 9.17) is 0 Å². The summed E-state index contributed by atoms with van der Waals surface area (Å²) in [4.78, 5) is 12.1.